The SMILES string of the molecule is CCn1ncc(C2=NO[C@H](C(=O)Nc3ccc(OC(F)(F)F)cc3)C2)c1C. The highest BCUT2D eigenvalue weighted by Gasteiger charge is 2.32. The summed E-state index contributed by atoms with van der Waals surface area (Å²) in [6.07, 6.45) is -3.63. The van der Waals surface area contributed by atoms with Crippen molar-refractivity contribution in [3.8, 4) is 5.75 Å². The zero-order valence-electron chi connectivity index (χ0n) is 14.6. The van der Waals surface area contributed by atoms with E-state index in [1.807, 2.05) is 18.5 Å². The number of nitrogens with one attached hydrogen (secondary N) is 1. The molecule has 0 fully saturated rings. The third-order valence-electron chi connectivity index (χ3n) is 4.03. The first-order chi connectivity index (χ1) is 12.8. The van der Waals surface area contributed by atoms with Crippen LogP contribution in [0.5, 0.6) is 5.75 Å². The Balaban J connectivity index is 1.59. The van der Waals surface area contributed by atoms with E-state index in [9.17, 15) is 18.0 Å². The minimum atomic E-state index is -4.76. The van der Waals surface area contributed by atoms with E-state index in [0.717, 1.165) is 29.9 Å². The van der Waals surface area contributed by atoms with E-state index in [-0.39, 0.29) is 12.2 Å². The molecule has 144 valence electrons. The first kappa shape index (κ1) is 18.7. The number of alkyl halides is 3. The molecular formula is C17H17F3N4O3. The van der Waals surface area contributed by atoms with Crippen molar-refractivity contribution in [2.45, 2.75) is 39.3 Å². The summed E-state index contributed by atoms with van der Waals surface area (Å²) in [4.78, 5) is 17.5. The van der Waals surface area contributed by atoms with Crippen LogP contribution in [0.2, 0.25) is 0 Å². The number of aromatic nitrogens is 2. The van der Waals surface area contributed by atoms with Gasteiger partial charge in [-0.25, -0.2) is 0 Å². The topological polar surface area (TPSA) is 77.7 Å². The second-order valence-corrected chi connectivity index (χ2v) is 5.86. The zero-order chi connectivity index (χ0) is 19.6. The molecule has 0 bridgehead atoms. The molecule has 1 amide bonds. The molecule has 10 heteroatoms. The lowest BCUT2D eigenvalue weighted by atomic mass is 10.1. The fraction of sp³-hybridized carbons (Fsp3) is 0.353. The van der Waals surface area contributed by atoms with E-state index in [0.29, 0.717) is 11.4 Å². The second kappa shape index (κ2) is 7.29. The number of amides is 1. The molecule has 1 aliphatic heterocycles. The lowest BCUT2D eigenvalue weighted by Crippen LogP contribution is -2.28. The molecular weight excluding hydrogens is 365 g/mol. The van der Waals surface area contributed by atoms with Gasteiger partial charge in [0.1, 0.15) is 5.75 Å². The Bertz CT molecular complexity index is 859. The number of nitrogens with zero attached hydrogens (tertiary/aromatic N) is 3. The lowest BCUT2D eigenvalue weighted by Gasteiger charge is -2.11. The predicted molar refractivity (Wildman–Crippen MR) is 90.4 cm³/mol. The van der Waals surface area contributed by atoms with Gasteiger partial charge in [-0.15, -0.1) is 13.2 Å². The van der Waals surface area contributed by atoms with Gasteiger partial charge in [0.15, 0.2) is 0 Å². The maximum atomic E-state index is 12.3. The predicted octanol–water partition coefficient (Wildman–Crippen LogP) is 3.24. The van der Waals surface area contributed by atoms with Gasteiger partial charge in [-0.2, -0.15) is 5.10 Å². The highest BCUT2D eigenvalue weighted by atomic mass is 19.4. The fourth-order valence-corrected chi connectivity index (χ4v) is 2.69. The second-order valence-electron chi connectivity index (χ2n) is 5.86. The molecule has 0 unspecified atom stereocenters. The van der Waals surface area contributed by atoms with Crippen LogP contribution in [0.25, 0.3) is 0 Å². The third-order valence-corrected chi connectivity index (χ3v) is 4.03. The van der Waals surface area contributed by atoms with Gasteiger partial charge < -0.3 is 14.9 Å². The van der Waals surface area contributed by atoms with Crippen molar-refractivity contribution in [1.82, 2.24) is 9.78 Å². The first-order valence-corrected chi connectivity index (χ1v) is 8.19. The maximum absolute atomic E-state index is 12.3. The molecule has 2 aromatic rings. The van der Waals surface area contributed by atoms with Crippen molar-refractivity contribution in [1.29, 1.82) is 0 Å². The van der Waals surface area contributed by atoms with Gasteiger partial charge in [0.2, 0.25) is 6.10 Å². The number of oxime groups is 1. The standard InChI is InChI=1S/C17H17F3N4O3/c1-3-24-10(2)13(9-21-24)14-8-15(27-23-14)16(25)22-11-4-6-12(7-5-11)26-17(18,19)20/h4-7,9,15H,3,8H2,1-2H3,(H,22,25)/t15-/m0/s1. The summed E-state index contributed by atoms with van der Waals surface area (Å²) in [7, 11) is 0. The van der Waals surface area contributed by atoms with E-state index < -0.39 is 18.4 Å². The number of hydrogen-bond acceptors (Lipinski definition) is 5. The highest BCUT2D eigenvalue weighted by molar-refractivity contribution is 6.06. The molecule has 3 rings (SSSR count). The smallest absolute Gasteiger partial charge is 0.406 e. The number of anilines is 1. The van der Waals surface area contributed by atoms with Gasteiger partial charge in [0, 0.05) is 29.9 Å². The maximum Gasteiger partial charge on any atom is 0.573 e. The number of carbonyl (C=O) groups excluding carboxylic acids is 1. The Hall–Kier alpha value is -3.04. The summed E-state index contributed by atoms with van der Waals surface area (Å²) >= 11 is 0. The van der Waals surface area contributed by atoms with Gasteiger partial charge in [0.25, 0.3) is 5.91 Å². The molecule has 2 heterocycles. The van der Waals surface area contributed by atoms with Gasteiger partial charge >= 0.3 is 6.36 Å². The lowest BCUT2D eigenvalue weighted by molar-refractivity contribution is -0.274. The summed E-state index contributed by atoms with van der Waals surface area (Å²) in [6, 6.07) is 4.85. The summed E-state index contributed by atoms with van der Waals surface area (Å²) in [5.74, 6) is -0.814. The van der Waals surface area contributed by atoms with E-state index >= 15 is 0 Å². The minimum absolute atomic E-state index is 0.275. The largest absolute Gasteiger partial charge is 0.573 e. The van der Waals surface area contributed by atoms with Crippen molar-refractivity contribution in [3.63, 3.8) is 0 Å². The van der Waals surface area contributed by atoms with Crippen molar-refractivity contribution in [2.24, 2.45) is 5.16 Å². The van der Waals surface area contributed by atoms with Crippen molar-refractivity contribution >= 4 is 17.3 Å². The molecule has 0 radical (unpaired) electrons. The summed E-state index contributed by atoms with van der Waals surface area (Å²) in [5.41, 5.74) is 2.70. The first-order valence-electron chi connectivity index (χ1n) is 8.19. The van der Waals surface area contributed by atoms with Crippen molar-refractivity contribution in [2.75, 3.05) is 5.32 Å². The molecule has 0 saturated carbocycles. The molecule has 1 aromatic carbocycles. The quantitative estimate of drug-likeness (QED) is 0.861. The average molecular weight is 382 g/mol. The van der Waals surface area contributed by atoms with Gasteiger partial charge in [0.05, 0.1) is 11.9 Å². The number of benzene rings is 1. The Morgan fingerprint density at radius 3 is 2.67 bits per heavy atom. The molecule has 0 spiro atoms. The van der Waals surface area contributed by atoms with E-state index in [1.54, 1.807) is 6.20 Å². The third kappa shape index (κ3) is 4.39. The van der Waals surface area contributed by atoms with Gasteiger partial charge in [-0.05, 0) is 38.1 Å². The van der Waals surface area contributed by atoms with Crippen LogP contribution in [0.15, 0.2) is 35.6 Å². The molecule has 1 aliphatic rings. The highest BCUT2D eigenvalue weighted by Crippen LogP contribution is 2.25. The van der Waals surface area contributed by atoms with Crippen molar-refractivity contribution in [3.05, 3.63) is 41.7 Å². The number of rotatable bonds is 5. The van der Waals surface area contributed by atoms with Gasteiger partial charge in [-0.3, -0.25) is 9.48 Å². The minimum Gasteiger partial charge on any atom is -0.406 e. The normalized spacial score (nSPS) is 16.6. The molecule has 1 aromatic heterocycles. The fourth-order valence-electron chi connectivity index (χ4n) is 2.69. The number of ether oxygens (including phenoxy) is 1. The summed E-state index contributed by atoms with van der Waals surface area (Å²) in [6.45, 7) is 4.60. The summed E-state index contributed by atoms with van der Waals surface area (Å²) < 4.78 is 42.1. The van der Waals surface area contributed by atoms with E-state index in [4.69, 9.17) is 4.84 Å². The van der Waals surface area contributed by atoms with Crippen molar-refractivity contribution < 1.29 is 27.5 Å². The zero-order valence-corrected chi connectivity index (χ0v) is 14.6. The number of hydrogen-bond donors (Lipinski definition) is 1. The molecule has 27 heavy (non-hydrogen) atoms. The van der Waals surface area contributed by atoms with E-state index in [1.165, 1.54) is 12.1 Å². The van der Waals surface area contributed by atoms with Crippen LogP contribution in [0.3, 0.4) is 0 Å². The van der Waals surface area contributed by atoms with Crippen LogP contribution in [0, 0.1) is 6.92 Å². The number of halogens is 3. The molecule has 1 atom stereocenters. The Morgan fingerprint density at radius 2 is 2.07 bits per heavy atom. The number of carbonyl (C=O) groups is 1. The van der Waals surface area contributed by atoms with Crippen LogP contribution in [0.1, 0.15) is 24.6 Å². The summed E-state index contributed by atoms with van der Waals surface area (Å²) in [5, 5.41) is 10.8. The molecule has 1 N–H and O–H groups in total. The van der Waals surface area contributed by atoms with Gasteiger partial charge in [-0.1, -0.05) is 5.16 Å². The van der Waals surface area contributed by atoms with Crippen LogP contribution in [-0.4, -0.2) is 33.9 Å². The number of aryl methyl sites for hydroxylation is 1. The Kier molecular flexibility index (Phi) is 5.06. The Morgan fingerprint density at radius 1 is 1.37 bits per heavy atom. The molecule has 0 saturated heterocycles. The molecule has 0 aliphatic carbocycles. The molecule has 7 nitrogen and oxygen atoms in total. The Labute approximate surface area is 152 Å². The van der Waals surface area contributed by atoms with Crippen LogP contribution < -0.4 is 10.1 Å². The van der Waals surface area contributed by atoms with Crippen LogP contribution >= 0.6 is 0 Å². The van der Waals surface area contributed by atoms with Crippen LogP contribution in [-0.2, 0) is 16.2 Å². The van der Waals surface area contributed by atoms with E-state index in [2.05, 4.69) is 20.3 Å². The monoisotopic (exact) mass is 382 g/mol. The average Bonchev–Trinajstić information content (AvgIpc) is 3.21. The van der Waals surface area contributed by atoms with Crippen LogP contribution in [0.4, 0.5) is 18.9 Å².